The summed E-state index contributed by atoms with van der Waals surface area (Å²) in [5.41, 5.74) is 2.08. The zero-order valence-electron chi connectivity index (χ0n) is 17.0. The quantitative estimate of drug-likeness (QED) is 0.591. The molecular formula is C21H23ClN4O3S. The predicted octanol–water partition coefficient (Wildman–Crippen LogP) is 4.12. The van der Waals surface area contributed by atoms with Crippen LogP contribution in [0.25, 0.3) is 5.69 Å². The number of amides is 1. The van der Waals surface area contributed by atoms with Crippen molar-refractivity contribution in [3.05, 3.63) is 71.0 Å². The van der Waals surface area contributed by atoms with Gasteiger partial charge in [-0.3, -0.25) is 4.79 Å². The van der Waals surface area contributed by atoms with Gasteiger partial charge in [0.15, 0.2) is 0 Å². The second-order valence-electron chi connectivity index (χ2n) is 6.58. The fraction of sp³-hybridized carbons (Fsp3) is 0.238. The van der Waals surface area contributed by atoms with Gasteiger partial charge in [0.05, 0.1) is 38.7 Å². The van der Waals surface area contributed by atoms with Crippen LogP contribution in [0.1, 0.15) is 29.9 Å². The Hall–Kier alpha value is -2.68. The van der Waals surface area contributed by atoms with Gasteiger partial charge in [-0.05, 0) is 37.3 Å². The molecule has 0 aliphatic heterocycles. The van der Waals surface area contributed by atoms with Crippen molar-refractivity contribution < 1.29 is 13.2 Å². The molecule has 9 heteroatoms. The van der Waals surface area contributed by atoms with Crippen molar-refractivity contribution in [2.24, 2.45) is 0 Å². The average Bonchev–Trinajstić information content (AvgIpc) is 3.12. The lowest BCUT2D eigenvalue weighted by atomic mass is 10.2. The molecule has 3 rings (SSSR count). The highest BCUT2D eigenvalue weighted by Crippen LogP contribution is 2.28. The van der Waals surface area contributed by atoms with E-state index in [4.69, 9.17) is 11.6 Å². The molecule has 0 fully saturated rings. The van der Waals surface area contributed by atoms with Gasteiger partial charge in [0.25, 0.3) is 5.91 Å². The van der Waals surface area contributed by atoms with E-state index in [-0.39, 0.29) is 15.6 Å². The van der Waals surface area contributed by atoms with E-state index in [9.17, 15) is 13.2 Å². The standard InChI is InChI=1S/C21H23ClN4O3S/c1-4-25(5-2)30(28,29)17-11-12-19(22)20(13-17)24-21(27)18-14-23-26(15(18)3)16-9-7-6-8-10-16/h6-14H,4-5H2,1-3H3,(H,24,27). The van der Waals surface area contributed by atoms with E-state index in [1.165, 1.54) is 28.7 Å². The van der Waals surface area contributed by atoms with Crippen LogP contribution in [0, 0.1) is 6.92 Å². The maximum atomic E-state index is 12.9. The van der Waals surface area contributed by atoms with Gasteiger partial charge in [0.1, 0.15) is 0 Å². The van der Waals surface area contributed by atoms with Crippen LogP contribution in [0.4, 0.5) is 5.69 Å². The molecule has 0 bridgehead atoms. The van der Waals surface area contributed by atoms with Crippen LogP contribution in [-0.4, -0.2) is 41.5 Å². The molecule has 1 aromatic heterocycles. The van der Waals surface area contributed by atoms with Crippen LogP contribution < -0.4 is 5.32 Å². The molecule has 3 aromatic rings. The van der Waals surface area contributed by atoms with E-state index in [2.05, 4.69) is 10.4 Å². The molecule has 0 aliphatic carbocycles. The number of carbonyl (C=O) groups is 1. The van der Waals surface area contributed by atoms with Crippen LogP contribution in [0.5, 0.6) is 0 Å². The lowest BCUT2D eigenvalue weighted by Crippen LogP contribution is -2.30. The largest absolute Gasteiger partial charge is 0.320 e. The van der Waals surface area contributed by atoms with Gasteiger partial charge < -0.3 is 5.32 Å². The Kier molecular flexibility index (Phi) is 6.60. The lowest BCUT2D eigenvalue weighted by Gasteiger charge is -2.19. The molecule has 30 heavy (non-hydrogen) atoms. The first-order valence-corrected chi connectivity index (χ1v) is 11.3. The predicted molar refractivity (Wildman–Crippen MR) is 118 cm³/mol. The first-order valence-electron chi connectivity index (χ1n) is 9.50. The maximum Gasteiger partial charge on any atom is 0.259 e. The summed E-state index contributed by atoms with van der Waals surface area (Å²) in [5, 5.41) is 7.25. The zero-order chi connectivity index (χ0) is 21.9. The Bertz CT molecular complexity index is 1160. The molecule has 0 spiro atoms. The fourth-order valence-corrected chi connectivity index (χ4v) is 4.77. The van der Waals surface area contributed by atoms with E-state index < -0.39 is 15.9 Å². The highest BCUT2D eigenvalue weighted by Gasteiger charge is 2.23. The number of benzene rings is 2. The van der Waals surface area contributed by atoms with Crippen LogP contribution in [0.15, 0.2) is 59.6 Å². The summed E-state index contributed by atoms with van der Waals surface area (Å²) in [5.74, 6) is -0.422. The van der Waals surface area contributed by atoms with Gasteiger partial charge in [-0.25, -0.2) is 13.1 Å². The van der Waals surface area contributed by atoms with Gasteiger partial charge in [-0.1, -0.05) is 43.6 Å². The summed E-state index contributed by atoms with van der Waals surface area (Å²) in [6, 6.07) is 13.7. The van der Waals surface area contributed by atoms with Crippen molar-refractivity contribution in [1.29, 1.82) is 0 Å². The number of nitrogens with one attached hydrogen (secondary N) is 1. The molecule has 2 aromatic carbocycles. The van der Waals surface area contributed by atoms with Gasteiger partial charge >= 0.3 is 0 Å². The molecule has 0 atom stereocenters. The summed E-state index contributed by atoms with van der Waals surface area (Å²) in [6.07, 6.45) is 1.47. The molecule has 0 saturated carbocycles. The molecule has 0 aliphatic rings. The third-order valence-electron chi connectivity index (χ3n) is 4.78. The van der Waals surface area contributed by atoms with E-state index in [0.29, 0.717) is 24.3 Å². The van der Waals surface area contributed by atoms with E-state index in [0.717, 1.165) is 5.69 Å². The number of aromatic nitrogens is 2. The Morgan fingerprint density at radius 1 is 1.13 bits per heavy atom. The first-order chi connectivity index (χ1) is 14.3. The Morgan fingerprint density at radius 3 is 2.43 bits per heavy atom. The topological polar surface area (TPSA) is 84.3 Å². The third kappa shape index (κ3) is 4.26. The molecule has 158 valence electrons. The minimum absolute atomic E-state index is 0.0719. The lowest BCUT2D eigenvalue weighted by molar-refractivity contribution is 0.102. The van der Waals surface area contributed by atoms with Gasteiger partial charge in [-0.2, -0.15) is 9.40 Å². The molecule has 1 heterocycles. The molecule has 1 N–H and O–H groups in total. The number of nitrogens with zero attached hydrogens (tertiary/aromatic N) is 3. The smallest absolute Gasteiger partial charge is 0.259 e. The summed E-state index contributed by atoms with van der Waals surface area (Å²) in [7, 11) is -3.67. The number of rotatable bonds is 7. The van der Waals surface area contributed by atoms with Crippen molar-refractivity contribution in [1.82, 2.24) is 14.1 Å². The van der Waals surface area contributed by atoms with Gasteiger partial charge in [-0.15, -0.1) is 0 Å². The van der Waals surface area contributed by atoms with Crippen molar-refractivity contribution >= 4 is 33.2 Å². The fourth-order valence-electron chi connectivity index (χ4n) is 3.12. The number of para-hydroxylation sites is 1. The average molecular weight is 447 g/mol. The molecule has 0 saturated heterocycles. The maximum absolute atomic E-state index is 12.9. The van der Waals surface area contributed by atoms with E-state index in [1.807, 2.05) is 30.3 Å². The minimum Gasteiger partial charge on any atom is -0.320 e. The Morgan fingerprint density at radius 2 is 1.80 bits per heavy atom. The van der Waals surface area contributed by atoms with Crippen LogP contribution in [0.3, 0.4) is 0 Å². The molecule has 0 radical (unpaired) electrons. The molecular weight excluding hydrogens is 424 g/mol. The van der Waals surface area contributed by atoms with Crippen molar-refractivity contribution in [2.75, 3.05) is 18.4 Å². The van der Waals surface area contributed by atoms with Crippen LogP contribution >= 0.6 is 11.6 Å². The third-order valence-corrected chi connectivity index (χ3v) is 7.16. The molecule has 0 unspecified atom stereocenters. The van der Waals surface area contributed by atoms with Gasteiger partial charge in [0.2, 0.25) is 10.0 Å². The van der Waals surface area contributed by atoms with Gasteiger partial charge in [0, 0.05) is 13.1 Å². The summed E-state index contributed by atoms with van der Waals surface area (Å²) < 4.78 is 28.6. The second-order valence-corrected chi connectivity index (χ2v) is 8.92. The van der Waals surface area contributed by atoms with Crippen LogP contribution in [-0.2, 0) is 10.0 Å². The SMILES string of the molecule is CCN(CC)S(=O)(=O)c1ccc(Cl)c(NC(=O)c2cnn(-c3ccccc3)c2C)c1. The highest BCUT2D eigenvalue weighted by atomic mass is 35.5. The summed E-state index contributed by atoms with van der Waals surface area (Å²) in [6.45, 7) is 6.03. The Labute approximate surface area is 181 Å². The molecule has 7 nitrogen and oxygen atoms in total. The number of carbonyl (C=O) groups excluding carboxylic acids is 1. The zero-order valence-corrected chi connectivity index (χ0v) is 18.5. The highest BCUT2D eigenvalue weighted by molar-refractivity contribution is 7.89. The number of hydrogen-bond donors (Lipinski definition) is 1. The monoisotopic (exact) mass is 446 g/mol. The second kappa shape index (κ2) is 8.99. The number of sulfonamides is 1. The number of anilines is 1. The van der Waals surface area contributed by atoms with Crippen molar-refractivity contribution in [2.45, 2.75) is 25.7 Å². The van der Waals surface area contributed by atoms with Crippen molar-refractivity contribution in [3.8, 4) is 5.69 Å². The summed E-state index contributed by atoms with van der Waals surface area (Å²) in [4.78, 5) is 12.9. The molecule has 1 amide bonds. The van der Waals surface area contributed by atoms with E-state index in [1.54, 1.807) is 25.5 Å². The Balaban J connectivity index is 1.90. The number of hydrogen-bond acceptors (Lipinski definition) is 4. The van der Waals surface area contributed by atoms with Crippen LogP contribution in [0.2, 0.25) is 5.02 Å². The first kappa shape index (κ1) is 22.0. The minimum atomic E-state index is -3.67. The van der Waals surface area contributed by atoms with E-state index >= 15 is 0 Å². The summed E-state index contributed by atoms with van der Waals surface area (Å²) >= 11 is 6.22. The number of halogens is 1. The normalized spacial score (nSPS) is 11.6. The van der Waals surface area contributed by atoms with Crippen molar-refractivity contribution in [3.63, 3.8) is 0 Å².